The summed E-state index contributed by atoms with van der Waals surface area (Å²) in [7, 11) is 0. The minimum atomic E-state index is -2.11. The van der Waals surface area contributed by atoms with Gasteiger partial charge in [-0.15, -0.1) is 0 Å². The smallest absolute Gasteiger partial charge is 0.200 e. The summed E-state index contributed by atoms with van der Waals surface area (Å²) in [6, 6.07) is 0. The first-order chi connectivity index (χ1) is 8.38. The Balaban J connectivity index is 2.71. The monoisotopic (exact) mass is 262 g/mol. The maximum atomic E-state index is 13.7. The van der Waals surface area contributed by atoms with Crippen LogP contribution in [0.15, 0.2) is 12.2 Å². The third-order valence-corrected chi connectivity index (χ3v) is 3.33. The predicted molar refractivity (Wildman–Crippen MR) is 56.6 cm³/mol. The molecule has 1 aliphatic rings. The van der Waals surface area contributed by atoms with E-state index in [0.717, 1.165) is 6.42 Å². The molecule has 0 unspecified atom stereocenters. The van der Waals surface area contributed by atoms with Crippen molar-refractivity contribution in [3.63, 3.8) is 0 Å². The highest BCUT2D eigenvalue weighted by Gasteiger charge is 2.36. The standard InChI is InChI=1S/C13H11F5/c1-13(5-3-2-4-6-13)7-8(14)10(16)12(18)11(17)9(7)15/h3,5H,2,4,6H2,1H3/t13-/m0/s1. The largest absolute Gasteiger partial charge is 0.203 e. The molecule has 0 N–H and O–H groups in total. The first-order valence-corrected chi connectivity index (χ1v) is 5.58. The van der Waals surface area contributed by atoms with Crippen LogP contribution in [0.1, 0.15) is 31.7 Å². The Labute approximate surface area is 101 Å². The van der Waals surface area contributed by atoms with Gasteiger partial charge in [-0.2, -0.15) is 0 Å². The van der Waals surface area contributed by atoms with Crippen LogP contribution in [0, 0.1) is 29.1 Å². The highest BCUT2D eigenvalue weighted by atomic mass is 19.2. The minimum absolute atomic E-state index is 0.349. The van der Waals surface area contributed by atoms with E-state index in [1.807, 2.05) is 0 Å². The van der Waals surface area contributed by atoms with Crippen molar-refractivity contribution in [2.24, 2.45) is 0 Å². The van der Waals surface area contributed by atoms with Gasteiger partial charge in [0, 0.05) is 11.0 Å². The van der Waals surface area contributed by atoms with Crippen LogP contribution in [0.4, 0.5) is 22.0 Å². The minimum Gasteiger partial charge on any atom is -0.203 e. The van der Waals surface area contributed by atoms with E-state index >= 15 is 0 Å². The van der Waals surface area contributed by atoms with Crippen molar-refractivity contribution in [1.29, 1.82) is 0 Å². The van der Waals surface area contributed by atoms with Gasteiger partial charge in [-0.25, -0.2) is 22.0 Å². The number of hydrogen-bond donors (Lipinski definition) is 0. The van der Waals surface area contributed by atoms with Crippen LogP contribution in [0.25, 0.3) is 0 Å². The first-order valence-electron chi connectivity index (χ1n) is 5.58. The molecule has 2 rings (SSSR count). The lowest BCUT2D eigenvalue weighted by atomic mass is 9.74. The van der Waals surface area contributed by atoms with Gasteiger partial charge in [0.2, 0.25) is 5.82 Å². The lowest BCUT2D eigenvalue weighted by Gasteiger charge is -2.30. The summed E-state index contributed by atoms with van der Waals surface area (Å²) >= 11 is 0. The average Bonchev–Trinajstić information content (AvgIpc) is 2.35. The van der Waals surface area contributed by atoms with Gasteiger partial charge in [-0.1, -0.05) is 19.1 Å². The van der Waals surface area contributed by atoms with Crippen LogP contribution >= 0.6 is 0 Å². The van der Waals surface area contributed by atoms with Crippen molar-refractivity contribution >= 4 is 0 Å². The van der Waals surface area contributed by atoms with Crippen molar-refractivity contribution in [2.45, 2.75) is 31.6 Å². The molecule has 0 aromatic heterocycles. The second-order valence-electron chi connectivity index (χ2n) is 4.66. The molecule has 1 aromatic carbocycles. The van der Waals surface area contributed by atoms with Gasteiger partial charge in [0.1, 0.15) is 0 Å². The van der Waals surface area contributed by atoms with E-state index in [-0.39, 0.29) is 0 Å². The van der Waals surface area contributed by atoms with E-state index in [4.69, 9.17) is 0 Å². The quantitative estimate of drug-likeness (QED) is 0.305. The molecule has 0 saturated heterocycles. The number of rotatable bonds is 1. The summed E-state index contributed by atoms with van der Waals surface area (Å²) in [5, 5.41) is 0. The molecule has 0 radical (unpaired) electrons. The van der Waals surface area contributed by atoms with Gasteiger partial charge in [-0.3, -0.25) is 0 Å². The molecule has 1 aliphatic carbocycles. The van der Waals surface area contributed by atoms with Gasteiger partial charge in [0.05, 0.1) is 0 Å². The Morgan fingerprint density at radius 3 is 1.83 bits per heavy atom. The fourth-order valence-electron chi connectivity index (χ4n) is 2.33. The molecule has 5 heteroatoms. The second-order valence-corrected chi connectivity index (χ2v) is 4.66. The van der Waals surface area contributed by atoms with Crippen molar-refractivity contribution in [3.05, 3.63) is 46.8 Å². The Kier molecular flexibility index (Phi) is 3.17. The summed E-state index contributed by atoms with van der Waals surface area (Å²) in [5.74, 6) is -9.36. The van der Waals surface area contributed by atoms with Crippen LogP contribution in [0.3, 0.4) is 0 Å². The van der Waals surface area contributed by atoms with Crippen molar-refractivity contribution < 1.29 is 22.0 Å². The zero-order valence-electron chi connectivity index (χ0n) is 9.67. The molecule has 1 aromatic rings. The van der Waals surface area contributed by atoms with E-state index in [1.54, 1.807) is 6.08 Å². The third-order valence-electron chi connectivity index (χ3n) is 3.33. The van der Waals surface area contributed by atoms with Crippen molar-refractivity contribution in [2.75, 3.05) is 0 Å². The molecule has 0 aliphatic heterocycles. The highest BCUT2D eigenvalue weighted by molar-refractivity contribution is 5.35. The predicted octanol–water partition coefficient (Wildman–Crippen LogP) is 4.38. The highest BCUT2D eigenvalue weighted by Crippen LogP contribution is 2.39. The molecule has 0 saturated carbocycles. The lowest BCUT2D eigenvalue weighted by Crippen LogP contribution is -2.26. The van der Waals surface area contributed by atoms with E-state index < -0.39 is 40.1 Å². The van der Waals surface area contributed by atoms with Gasteiger partial charge in [-0.05, 0) is 19.3 Å². The van der Waals surface area contributed by atoms with Crippen LogP contribution in [0.5, 0.6) is 0 Å². The van der Waals surface area contributed by atoms with Gasteiger partial charge in [0.15, 0.2) is 23.3 Å². The lowest BCUT2D eigenvalue weighted by molar-refractivity contribution is 0.346. The molecule has 98 valence electrons. The van der Waals surface area contributed by atoms with Gasteiger partial charge >= 0.3 is 0 Å². The number of hydrogen-bond acceptors (Lipinski definition) is 0. The number of halogens is 5. The van der Waals surface area contributed by atoms with E-state index in [1.165, 1.54) is 13.0 Å². The topological polar surface area (TPSA) is 0 Å². The van der Waals surface area contributed by atoms with Crippen LogP contribution < -0.4 is 0 Å². The summed E-state index contributed by atoms with van der Waals surface area (Å²) in [4.78, 5) is 0. The van der Waals surface area contributed by atoms with E-state index in [2.05, 4.69) is 0 Å². The maximum absolute atomic E-state index is 13.7. The van der Waals surface area contributed by atoms with Crippen LogP contribution in [0.2, 0.25) is 0 Å². The zero-order chi connectivity index (χ0) is 13.5. The van der Waals surface area contributed by atoms with Crippen LogP contribution in [-0.4, -0.2) is 0 Å². The first kappa shape index (κ1) is 13.1. The Hall–Kier alpha value is -1.39. The van der Waals surface area contributed by atoms with Crippen LogP contribution in [-0.2, 0) is 5.41 Å². The molecular weight excluding hydrogens is 251 g/mol. The molecule has 0 bridgehead atoms. The van der Waals surface area contributed by atoms with E-state index in [9.17, 15) is 22.0 Å². The summed E-state index contributed by atoms with van der Waals surface area (Å²) in [6.07, 6.45) is 4.94. The molecule has 0 spiro atoms. The Bertz CT molecular complexity index is 492. The third kappa shape index (κ3) is 1.82. The molecule has 0 heterocycles. The molecule has 0 amide bonds. The normalized spacial score (nSPS) is 23.4. The van der Waals surface area contributed by atoms with Gasteiger partial charge < -0.3 is 0 Å². The fourth-order valence-corrected chi connectivity index (χ4v) is 2.33. The van der Waals surface area contributed by atoms with E-state index in [0.29, 0.717) is 12.8 Å². The molecule has 0 fully saturated rings. The maximum Gasteiger partial charge on any atom is 0.200 e. The summed E-state index contributed by atoms with van der Waals surface area (Å²) in [5.41, 5.74) is -1.89. The molecule has 18 heavy (non-hydrogen) atoms. The molecular formula is C13H11F5. The molecule has 0 nitrogen and oxygen atoms in total. The number of allylic oxidation sites excluding steroid dienone is 2. The zero-order valence-corrected chi connectivity index (χ0v) is 9.67. The fraction of sp³-hybridized carbons (Fsp3) is 0.385. The average molecular weight is 262 g/mol. The van der Waals surface area contributed by atoms with Gasteiger partial charge in [0.25, 0.3) is 0 Å². The van der Waals surface area contributed by atoms with Crippen molar-refractivity contribution in [1.82, 2.24) is 0 Å². The van der Waals surface area contributed by atoms with Crippen molar-refractivity contribution in [3.8, 4) is 0 Å². The Morgan fingerprint density at radius 1 is 0.889 bits per heavy atom. The SMILES string of the molecule is C[C@]1(c2c(F)c(F)c(F)c(F)c2F)C=CCCC1. The second kappa shape index (κ2) is 4.37. The summed E-state index contributed by atoms with van der Waals surface area (Å²) < 4.78 is 66.6. The molecule has 1 atom stereocenters. The number of benzene rings is 1. The summed E-state index contributed by atoms with van der Waals surface area (Å²) in [6.45, 7) is 1.47. The Morgan fingerprint density at radius 2 is 1.39 bits per heavy atom.